The van der Waals surface area contributed by atoms with Gasteiger partial charge in [-0.05, 0) is 6.42 Å². The number of unbranched alkanes of at least 4 members (excludes halogenated alkanes) is 1. The van der Waals surface area contributed by atoms with Gasteiger partial charge in [0.1, 0.15) is 0 Å². The van der Waals surface area contributed by atoms with Crippen LogP contribution in [-0.2, 0) is 4.79 Å². The highest BCUT2D eigenvalue weighted by Crippen LogP contribution is 1.90. The number of aliphatic hydroxyl groups is 1. The fourth-order valence-electron chi connectivity index (χ4n) is 0.527. The van der Waals surface area contributed by atoms with Crippen molar-refractivity contribution in [2.45, 2.75) is 19.8 Å². The predicted octanol–water partition coefficient (Wildman–Crippen LogP) is 0.0993. The van der Waals surface area contributed by atoms with Crippen molar-refractivity contribution >= 4 is 5.91 Å². The van der Waals surface area contributed by atoms with E-state index in [1.54, 1.807) is 6.42 Å². The smallest absolute Gasteiger partial charge is 0.223 e. The molecule has 0 aromatic carbocycles. The van der Waals surface area contributed by atoms with Crippen LogP contribution in [0.25, 0.3) is 0 Å². The summed E-state index contributed by atoms with van der Waals surface area (Å²) in [4.78, 5) is 10.7. The minimum Gasteiger partial charge on any atom is -0.395 e. The summed E-state index contributed by atoms with van der Waals surface area (Å²) in [5.41, 5.74) is 0. The molecule has 0 rings (SSSR count). The summed E-state index contributed by atoms with van der Waals surface area (Å²) in [7, 11) is 0. The summed E-state index contributed by atoms with van der Waals surface area (Å²) in [6, 6.07) is 0. The normalized spacial score (nSPS) is 9.40. The van der Waals surface area contributed by atoms with Crippen molar-refractivity contribution in [3.05, 3.63) is 6.42 Å². The van der Waals surface area contributed by atoms with Crippen LogP contribution in [0.4, 0.5) is 0 Å². The number of carbonyl (C=O) groups is 1. The quantitative estimate of drug-likeness (QED) is 0.575. The Morgan fingerprint density at radius 3 is 2.90 bits per heavy atom. The molecular weight excluding hydrogens is 130 g/mol. The number of hydrogen-bond acceptors (Lipinski definition) is 2. The monoisotopic (exact) mass is 144 g/mol. The van der Waals surface area contributed by atoms with Gasteiger partial charge in [-0.25, -0.2) is 0 Å². The van der Waals surface area contributed by atoms with Crippen LogP contribution >= 0.6 is 0 Å². The molecule has 0 aliphatic heterocycles. The lowest BCUT2D eigenvalue weighted by atomic mass is 10.2. The van der Waals surface area contributed by atoms with Crippen LogP contribution < -0.4 is 5.32 Å². The Bertz CT molecular complexity index is 83.6. The van der Waals surface area contributed by atoms with Crippen molar-refractivity contribution < 1.29 is 9.90 Å². The van der Waals surface area contributed by atoms with Gasteiger partial charge in [0.15, 0.2) is 0 Å². The fraction of sp³-hybridized carbons (Fsp3) is 0.714. The lowest BCUT2D eigenvalue weighted by molar-refractivity contribution is -0.118. The van der Waals surface area contributed by atoms with Crippen molar-refractivity contribution in [1.82, 2.24) is 5.32 Å². The Labute approximate surface area is 61.4 Å². The minimum absolute atomic E-state index is 0.00566. The summed E-state index contributed by atoms with van der Waals surface area (Å²) >= 11 is 0. The first-order valence-corrected chi connectivity index (χ1v) is 3.53. The van der Waals surface area contributed by atoms with E-state index in [1.807, 2.05) is 6.92 Å². The van der Waals surface area contributed by atoms with E-state index in [0.717, 1.165) is 12.8 Å². The molecule has 3 heteroatoms. The van der Waals surface area contributed by atoms with Gasteiger partial charge in [-0.2, -0.15) is 0 Å². The van der Waals surface area contributed by atoms with Crippen LogP contribution in [0, 0.1) is 6.42 Å². The Morgan fingerprint density at radius 1 is 1.70 bits per heavy atom. The lowest BCUT2D eigenvalue weighted by Crippen LogP contribution is -2.26. The second kappa shape index (κ2) is 6.55. The summed E-state index contributed by atoms with van der Waals surface area (Å²) < 4.78 is 0. The van der Waals surface area contributed by atoms with Crippen LogP contribution in [0.1, 0.15) is 19.8 Å². The second-order valence-corrected chi connectivity index (χ2v) is 2.01. The minimum atomic E-state index is -0.0871. The molecule has 0 saturated heterocycles. The molecule has 0 saturated carbocycles. The zero-order chi connectivity index (χ0) is 7.82. The number of hydrogen-bond donors (Lipinski definition) is 2. The van der Waals surface area contributed by atoms with Crippen molar-refractivity contribution in [2.75, 3.05) is 13.2 Å². The maximum atomic E-state index is 10.7. The molecule has 0 aliphatic carbocycles. The molecule has 59 valence electrons. The standard InChI is InChI=1S/C7H14NO2/c1-2-3-4-7(10)8-5-6-9/h4,9H,2-3,5-6H2,1H3,(H,8,10). The van der Waals surface area contributed by atoms with Crippen molar-refractivity contribution in [3.63, 3.8) is 0 Å². The van der Waals surface area contributed by atoms with E-state index in [1.165, 1.54) is 0 Å². The molecule has 1 amide bonds. The van der Waals surface area contributed by atoms with Crippen molar-refractivity contribution in [3.8, 4) is 0 Å². The van der Waals surface area contributed by atoms with E-state index in [-0.39, 0.29) is 12.5 Å². The Balaban J connectivity index is 3.09. The van der Waals surface area contributed by atoms with E-state index in [9.17, 15) is 4.79 Å². The molecule has 0 atom stereocenters. The van der Waals surface area contributed by atoms with Crippen molar-refractivity contribution in [2.24, 2.45) is 0 Å². The molecular formula is C7H14NO2. The molecule has 2 N–H and O–H groups in total. The number of nitrogens with one attached hydrogen (secondary N) is 1. The number of carbonyl (C=O) groups excluding carboxylic acids is 1. The molecule has 0 spiro atoms. The first-order valence-electron chi connectivity index (χ1n) is 3.53. The van der Waals surface area contributed by atoms with Crippen LogP contribution in [0.3, 0.4) is 0 Å². The maximum Gasteiger partial charge on any atom is 0.223 e. The SMILES string of the molecule is CCC[CH]C(=O)NCCO. The van der Waals surface area contributed by atoms with Gasteiger partial charge in [0.05, 0.1) is 6.61 Å². The molecule has 0 aliphatic rings. The van der Waals surface area contributed by atoms with Gasteiger partial charge in [-0.15, -0.1) is 0 Å². The highest BCUT2D eigenvalue weighted by atomic mass is 16.3. The van der Waals surface area contributed by atoms with E-state index in [2.05, 4.69) is 5.32 Å². The Morgan fingerprint density at radius 2 is 2.40 bits per heavy atom. The molecule has 3 nitrogen and oxygen atoms in total. The molecule has 0 aromatic heterocycles. The van der Waals surface area contributed by atoms with Crippen LogP contribution in [0.15, 0.2) is 0 Å². The molecule has 0 unspecified atom stereocenters. The van der Waals surface area contributed by atoms with Crippen molar-refractivity contribution in [1.29, 1.82) is 0 Å². The highest BCUT2D eigenvalue weighted by molar-refractivity contribution is 5.84. The van der Waals surface area contributed by atoms with E-state index in [4.69, 9.17) is 5.11 Å². The summed E-state index contributed by atoms with van der Waals surface area (Å²) in [6.07, 6.45) is 3.37. The molecule has 0 bridgehead atoms. The van der Waals surface area contributed by atoms with Gasteiger partial charge in [-0.3, -0.25) is 4.79 Å². The van der Waals surface area contributed by atoms with Gasteiger partial charge in [0.25, 0.3) is 0 Å². The third kappa shape index (κ3) is 5.56. The Kier molecular flexibility index (Phi) is 6.18. The zero-order valence-electron chi connectivity index (χ0n) is 6.26. The van der Waals surface area contributed by atoms with Gasteiger partial charge in [0.2, 0.25) is 5.91 Å². The van der Waals surface area contributed by atoms with Crippen LogP contribution in [-0.4, -0.2) is 24.2 Å². The third-order valence-corrected chi connectivity index (χ3v) is 1.03. The second-order valence-electron chi connectivity index (χ2n) is 2.01. The summed E-state index contributed by atoms with van der Waals surface area (Å²) in [5, 5.41) is 10.8. The third-order valence-electron chi connectivity index (χ3n) is 1.03. The summed E-state index contributed by atoms with van der Waals surface area (Å²) in [5.74, 6) is -0.0871. The topological polar surface area (TPSA) is 49.3 Å². The Hall–Kier alpha value is -0.570. The zero-order valence-corrected chi connectivity index (χ0v) is 6.26. The van der Waals surface area contributed by atoms with Gasteiger partial charge >= 0.3 is 0 Å². The molecule has 0 aromatic rings. The maximum absolute atomic E-state index is 10.7. The highest BCUT2D eigenvalue weighted by Gasteiger charge is 1.97. The number of aliphatic hydroxyl groups excluding tert-OH is 1. The predicted molar refractivity (Wildman–Crippen MR) is 39.3 cm³/mol. The molecule has 0 heterocycles. The molecule has 1 radical (unpaired) electrons. The fourth-order valence-corrected chi connectivity index (χ4v) is 0.527. The average molecular weight is 144 g/mol. The van der Waals surface area contributed by atoms with E-state index >= 15 is 0 Å². The van der Waals surface area contributed by atoms with Gasteiger partial charge in [0, 0.05) is 13.0 Å². The van der Waals surface area contributed by atoms with Gasteiger partial charge < -0.3 is 10.4 Å². The number of rotatable bonds is 5. The first-order chi connectivity index (χ1) is 4.81. The van der Waals surface area contributed by atoms with E-state index < -0.39 is 0 Å². The average Bonchev–Trinajstić information content (AvgIpc) is 1.97. The molecule has 0 fully saturated rings. The van der Waals surface area contributed by atoms with Gasteiger partial charge in [-0.1, -0.05) is 13.3 Å². The number of amides is 1. The lowest BCUT2D eigenvalue weighted by Gasteiger charge is -1.99. The van der Waals surface area contributed by atoms with Crippen LogP contribution in [0.5, 0.6) is 0 Å². The largest absolute Gasteiger partial charge is 0.395 e. The first kappa shape index (κ1) is 9.43. The summed E-state index contributed by atoms with van der Waals surface area (Å²) in [6.45, 7) is 2.36. The van der Waals surface area contributed by atoms with Crippen LogP contribution in [0.2, 0.25) is 0 Å². The van der Waals surface area contributed by atoms with E-state index in [0.29, 0.717) is 6.54 Å². The molecule has 10 heavy (non-hydrogen) atoms.